The van der Waals surface area contributed by atoms with E-state index in [1.165, 1.54) is 11.1 Å². The summed E-state index contributed by atoms with van der Waals surface area (Å²) in [7, 11) is 0. The summed E-state index contributed by atoms with van der Waals surface area (Å²) in [4.78, 5) is 0. The van der Waals surface area contributed by atoms with Gasteiger partial charge in [-0.25, -0.2) is 0 Å². The molecule has 1 atom stereocenters. The quantitative estimate of drug-likeness (QED) is 0.628. The topological polar surface area (TPSA) is 29.5 Å². The molecule has 1 N–H and O–H groups in total. The third-order valence-corrected chi connectivity index (χ3v) is 5.51. The molecule has 2 aromatic rings. The largest absolute Gasteiger partial charge is 0.396 e. The van der Waals surface area contributed by atoms with E-state index in [1.807, 2.05) is 36.0 Å². The summed E-state index contributed by atoms with van der Waals surface area (Å²) in [6.07, 6.45) is 2.04. The van der Waals surface area contributed by atoms with Crippen molar-refractivity contribution in [1.82, 2.24) is 0 Å². The Balaban J connectivity index is 1.85. The molecule has 0 radical (unpaired) electrons. The van der Waals surface area contributed by atoms with Gasteiger partial charge in [0.1, 0.15) is 0 Å². The summed E-state index contributed by atoms with van der Waals surface area (Å²) in [6.45, 7) is 3.56. The predicted molar refractivity (Wildman–Crippen MR) is 103 cm³/mol. The summed E-state index contributed by atoms with van der Waals surface area (Å²) in [5, 5.41) is 10.0. The molecule has 0 aliphatic rings. The van der Waals surface area contributed by atoms with Crippen molar-refractivity contribution in [1.29, 1.82) is 0 Å². The van der Waals surface area contributed by atoms with Crippen LogP contribution < -0.4 is 0 Å². The number of ether oxygens (including phenoxy) is 1. The molecule has 0 heterocycles. The predicted octanol–water partition coefficient (Wildman–Crippen LogP) is 4.92. The summed E-state index contributed by atoms with van der Waals surface area (Å²) in [5.41, 5.74) is 2.36. The van der Waals surface area contributed by atoms with Crippen molar-refractivity contribution in [3.05, 3.63) is 71.8 Å². The highest BCUT2D eigenvalue weighted by Gasteiger charge is 2.29. The number of hydrogen-bond acceptors (Lipinski definition) is 3. The van der Waals surface area contributed by atoms with Crippen molar-refractivity contribution < 1.29 is 9.84 Å². The fraction of sp³-hybridized carbons (Fsp3) is 0.429. The van der Waals surface area contributed by atoms with Crippen LogP contribution in [0.2, 0.25) is 0 Å². The van der Waals surface area contributed by atoms with Crippen molar-refractivity contribution in [2.75, 3.05) is 19.0 Å². The van der Waals surface area contributed by atoms with Gasteiger partial charge in [0, 0.05) is 16.9 Å². The average Bonchev–Trinajstić information content (AvgIpc) is 2.63. The van der Waals surface area contributed by atoms with E-state index < -0.39 is 0 Å². The van der Waals surface area contributed by atoms with E-state index in [0.717, 1.165) is 24.3 Å². The van der Waals surface area contributed by atoms with Gasteiger partial charge in [-0.2, -0.15) is 11.8 Å². The first-order valence-electron chi connectivity index (χ1n) is 8.62. The Kier molecular flexibility index (Phi) is 8.37. The van der Waals surface area contributed by atoms with E-state index in [1.54, 1.807) is 0 Å². The Morgan fingerprint density at radius 1 is 0.958 bits per heavy atom. The highest BCUT2D eigenvalue weighted by Crippen LogP contribution is 2.30. The number of aliphatic hydroxyl groups excluding tert-OH is 1. The second-order valence-corrected chi connectivity index (χ2v) is 7.35. The fourth-order valence-electron chi connectivity index (χ4n) is 2.81. The Morgan fingerprint density at radius 3 is 2.17 bits per heavy atom. The maximum atomic E-state index is 10.0. The summed E-state index contributed by atoms with van der Waals surface area (Å²) in [5.74, 6) is 1.89. The molecule has 0 saturated heterocycles. The summed E-state index contributed by atoms with van der Waals surface area (Å²) >= 11 is 1.88. The maximum absolute atomic E-state index is 10.0. The molecule has 2 aromatic carbocycles. The number of thioether (sulfide) groups is 1. The van der Waals surface area contributed by atoms with Crippen LogP contribution in [-0.4, -0.2) is 24.1 Å². The second-order valence-electron chi connectivity index (χ2n) is 6.36. The van der Waals surface area contributed by atoms with Crippen LogP contribution in [0.15, 0.2) is 60.7 Å². The van der Waals surface area contributed by atoms with Gasteiger partial charge in [-0.3, -0.25) is 0 Å². The molecule has 24 heavy (non-hydrogen) atoms. The lowest BCUT2D eigenvalue weighted by Crippen LogP contribution is -2.34. The minimum absolute atomic E-state index is 0.150. The minimum atomic E-state index is -0.150. The molecule has 0 fully saturated rings. The maximum Gasteiger partial charge on any atom is 0.0717 e. The molecule has 0 bridgehead atoms. The van der Waals surface area contributed by atoms with Crippen LogP contribution in [0.4, 0.5) is 0 Å². The zero-order chi connectivity index (χ0) is 17.1. The van der Waals surface area contributed by atoms with Crippen LogP contribution in [0.5, 0.6) is 0 Å². The van der Waals surface area contributed by atoms with Crippen molar-refractivity contribution in [2.45, 2.75) is 32.1 Å². The average molecular weight is 345 g/mol. The molecule has 0 saturated carbocycles. The molecule has 2 nitrogen and oxygen atoms in total. The molecule has 0 aliphatic carbocycles. The van der Waals surface area contributed by atoms with Crippen LogP contribution >= 0.6 is 11.8 Å². The van der Waals surface area contributed by atoms with Gasteiger partial charge in [-0.15, -0.1) is 0 Å². The number of rotatable bonds is 11. The standard InChI is InChI=1S/C21H28O2S/c1-2-13-21(16-22,17-23-14-19-9-5-3-6-10-19)18-24-15-20-11-7-4-8-12-20/h3-12,22H,2,13-18H2,1H3. The highest BCUT2D eigenvalue weighted by molar-refractivity contribution is 7.98. The van der Waals surface area contributed by atoms with Crippen LogP contribution in [0.25, 0.3) is 0 Å². The first-order valence-corrected chi connectivity index (χ1v) is 9.78. The smallest absolute Gasteiger partial charge is 0.0717 e. The van der Waals surface area contributed by atoms with Crippen LogP contribution in [0, 0.1) is 5.41 Å². The van der Waals surface area contributed by atoms with Crippen LogP contribution in [0.1, 0.15) is 30.9 Å². The monoisotopic (exact) mass is 344 g/mol. The molecule has 0 aromatic heterocycles. The van der Waals surface area contributed by atoms with Crippen molar-refractivity contribution >= 4 is 11.8 Å². The molecular formula is C21H28O2S. The highest BCUT2D eigenvalue weighted by atomic mass is 32.2. The molecule has 1 unspecified atom stereocenters. The Morgan fingerprint density at radius 2 is 1.58 bits per heavy atom. The first kappa shape index (κ1) is 19.0. The van der Waals surface area contributed by atoms with Gasteiger partial charge in [-0.05, 0) is 17.5 Å². The van der Waals surface area contributed by atoms with E-state index >= 15 is 0 Å². The van der Waals surface area contributed by atoms with E-state index in [4.69, 9.17) is 4.74 Å². The zero-order valence-corrected chi connectivity index (χ0v) is 15.3. The van der Waals surface area contributed by atoms with Crippen molar-refractivity contribution in [3.63, 3.8) is 0 Å². The second kappa shape index (κ2) is 10.5. The van der Waals surface area contributed by atoms with E-state index in [0.29, 0.717) is 13.2 Å². The third kappa shape index (κ3) is 6.31. The normalized spacial score (nSPS) is 13.6. The van der Waals surface area contributed by atoms with Gasteiger partial charge < -0.3 is 9.84 Å². The molecule has 0 spiro atoms. The fourth-order valence-corrected chi connectivity index (χ4v) is 4.09. The van der Waals surface area contributed by atoms with E-state index in [2.05, 4.69) is 43.3 Å². The summed E-state index contributed by atoms with van der Waals surface area (Å²) in [6, 6.07) is 20.7. The summed E-state index contributed by atoms with van der Waals surface area (Å²) < 4.78 is 5.96. The van der Waals surface area contributed by atoms with Gasteiger partial charge in [0.25, 0.3) is 0 Å². The first-order chi connectivity index (χ1) is 11.8. The third-order valence-electron chi connectivity index (χ3n) is 4.16. The number of aliphatic hydroxyl groups is 1. The molecule has 0 amide bonds. The lowest BCUT2D eigenvalue weighted by atomic mass is 9.87. The molecule has 130 valence electrons. The molecule has 2 rings (SSSR count). The van der Waals surface area contributed by atoms with Gasteiger partial charge >= 0.3 is 0 Å². The van der Waals surface area contributed by atoms with E-state index in [9.17, 15) is 5.11 Å². The SMILES string of the molecule is CCCC(CO)(COCc1ccccc1)CSCc1ccccc1. The number of benzene rings is 2. The lowest BCUT2D eigenvalue weighted by molar-refractivity contribution is 0.00706. The van der Waals surface area contributed by atoms with E-state index in [-0.39, 0.29) is 12.0 Å². The Labute approximate surface area is 150 Å². The van der Waals surface area contributed by atoms with Gasteiger partial charge in [-0.1, -0.05) is 74.0 Å². The van der Waals surface area contributed by atoms with Crippen molar-refractivity contribution in [3.8, 4) is 0 Å². The van der Waals surface area contributed by atoms with Crippen LogP contribution in [-0.2, 0) is 17.1 Å². The molecule has 0 aliphatic heterocycles. The van der Waals surface area contributed by atoms with Crippen molar-refractivity contribution in [2.24, 2.45) is 5.41 Å². The number of hydrogen-bond donors (Lipinski definition) is 1. The van der Waals surface area contributed by atoms with Gasteiger partial charge in [0.15, 0.2) is 0 Å². The van der Waals surface area contributed by atoms with Crippen LogP contribution in [0.3, 0.4) is 0 Å². The van der Waals surface area contributed by atoms with Gasteiger partial charge in [0.2, 0.25) is 0 Å². The Hall–Kier alpha value is -1.29. The molecular weight excluding hydrogens is 316 g/mol. The lowest BCUT2D eigenvalue weighted by Gasteiger charge is -2.31. The minimum Gasteiger partial charge on any atom is -0.396 e. The Bertz CT molecular complexity index is 511. The molecule has 3 heteroatoms. The van der Waals surface area contributed by atoms with Gasteiger partial charge in [0.05, 0.1) is 19.8 Å². The zero-order valence-electron chi connectivity index (χ0n) is 14.5.